The topological polar surface area (TPSA) is 110 Å². The molecule has 4 rings (SSSR count). The van der Waals surface area contributed by atoms with Gasteiger partial charge < -0.3 is 16.0 Å². The number of rotatable bonds is 6. The maximum absolute atomic E-state index is 13.9. The molecule has 11 heteroatoms. The summed E-state index contributed by atoms with van der Waals surface area (Å²) in [7, 11) is 0. The third kappa shape index (κ3) is 4.72. The molecule has 1 aliphatic heterocycles. The predicted molar refractivity (Wildman–Crippen MR) is 116 cm³/mol. The quantitative estimate of drug-likeness (QED) is 0.538. The van der Waals surface area contributed by atoms with Crippen LogP contribution in [-0.2, 0) is 30.2 Å². The predicted octanol–water partition coefficient (Wildman–Crippen LogP) is 3.21. The average Bonchev–Trinajstić information content (AvgIpc) is 3.16. The van der Waals surface area contributed by atoms with Crippen LogP contribution in [0.2, 0.25) is 0 Å². The van der Waals surface area contributed by atoms with Gasteiger partial charge in [-0.25, -0.2) is 15.0 Å². The van der Waals surface area contributed by atoms with E-state index in [0.29, 0.717) is 41.4 Å². The molecule has 0 aromatic carbocycles. The zero-order chi connectivity index (χ0) is 22.9. The summed E-state index contributed by atoms with van der Waals surface area (Å²) in [6.45, 7) is 6.26. The Balaban J connectivity index is 1.78. The molecular formula is C21H24F2N8O. The molecule has 0 saturated carbocycles. The normalized spacial score (nSPS) is 13.5. The number of aryl methyl sites for hydroxylation is 1. The number of anilines is 3. The Bertz CT molecular complexity index is 1130. The second kappa shape index (κ2) is 8.58. The van der Waals surface area contributed by atoms with Gasteiger partial charge in [-0.3, -0.25) is 9.48 Å². The van der Waals surface area contributed by atoms with E-state index < -0.39 is 11.7 Å². The van der Waals surface area contributed by atoms with Gasteiger partial charge in [0.15, 0.2) is 0 Å². The number of aromatic nitrogens is 5. The van der Waals surface area contributed by atoms with E-state index in [1.54, 1.807) is 18.3 Å². The molecule has 0 aliphatic carbocycles. The first kappa shape index (κ1) is 21.8. The SMILES string of the molecule is CCc1cc(Nc2cc(NC(C)=O)ncc2-c2cc3n(n2)CCNC3)nc(C(C)(F)F)n1. The van der Waals surface area contributed by atoms with Gasteiger partial charge in [-0.2, -0.15) is 13.9 Å². The van der Waals surface area contributed by atoms with Crippen LogP contribution in [0, 0.1) is 0 Å². The molecule has 9 nitrogen and oxygen atoms in total. The van der Waals surface area contributed by atoms with Gasteiger partial charge in [-0.05, 0) is 12.5 Å². The molecule has 0 saturated heterocycles. The lowest BCUT2D eigenvalue weighted by Crippen LogP contribution is -2.28. The molecule has 3 aromatic rings. The van der Waals surface area contributed by atoms with Crippen LogP contribution in [0.3, 0.4) is 0 Å². The number of fused-ring (bicyclic) bond motifs is 1. The van der Waals surface area contributed by atoms with Crippen molar-refractivity contribution >= 4 is 23.2 Å². The first-order valence-electron chi connectivity index (χ1n) is 10.3. The second-order valence-electron chi connectivity index (χ2n) is 7.65. The first-order valence-corrected chi connectivity index (χ1v) is 10.3. The van der Waals surface area contributed by atoms with Crippen LogP contribution in [0.1, 0.15) is 38.0 Å². The Kier molecular flexibility index (Phi) is 5.83. The maximum Gasteiger partial charge on any atom is 0.303 e. The van der Waals surface area contributed by atoms with Gasteiger partial charge in [0.2, 0.25) is 11.7 Å². The molecule has 1 aliphatic rings. The number of carbonyl (C=O) groups excluding carboxylic acids is 1. The van der Waals surface area contributed by atoms with Crippen LogP contribution >= 0.6 is 0 Å². The average molecular weight is 442 g/mol. The van der Waals surface area contributed by atoms with E-state index in [0.717, 1.165) is 25.7 Å². The van der Waals surface area contributed by atoms with Crippen molar-refractivity contribution in [2.24, 2.45) is 0 Å². The molecule has 0 radical (unpaired) electrons. The van der Waals surface area contributed by atoms with Gasteiger partial charge >= 0.3 is 5.92 Å². The summed E-state index contributed by atoms with van der Waals surface area (Å²) in [5.74, 6) is -3.47. The highest BCUT2D eigenvalue weighted by atomic mass is 19.3. The number of alkyl halides is 2. The molecule has 3 N–H and O–H groups in total. The van der Waals surface area contributed by atoms with Crippen molar-refractivity contribution < 1.29 is 13.6 Å². The molecule has 0 fully saturated rings. The van der Waals surface area contributed by atoms with E-state index in [1.807, 2.05) is 17.7 Å². The Morgan fingerprint density at radius 3 is 2.75 bits per heavy atom. The number of hydrogen-bond donors (Lipinski definition) is 3. The van der Waals surface area contributed by atoms with Crippen LogP contribution in [0.5, 0.6) is 0 Å². The fourth-order valence-corrected chi connectivity index (χ4v) is 3.41. The van der Waals surface area contributed by atoms with E-state index in [1.165, 1.54) is 6.92 Å². The molecule has 0 bridgehead atoms. The van der Waals surface area contributed by atoms with E-state index in [9.17, 15) is 13.6 Å². The fourth-order valence-electron chi connectivity index (χ4n) is 3.41. The Morgan fingerprint density at radius 1 is 1.25 bits per heavy atom. The van der Waals surface area contributed by atoms with E-state index in [2.05, 4.69) is 36.0 Å². The van der Waals surface area contributed by atoms with Crippen molar-refractivity contribution in [3.05, 3.63) is 41.6 Å². The molecule has 4 heterocycles. The zero-order valence-electron chi connectivity index (χ0n) is 18.0. The van der Waals surface area contributed by atoms with Crippen molar-refractivity contribution in [3.63, 3.8) is 0 Å². The number of carbonyl (C=O) groups is 1. The zero-order valence-corrected chi connectivity index (χ0v) is 18.0. The highest BCUT2D eigenvalue weighted by Crippen LogP contribution is 2.32. The van der Waals surface area contributed by atoms with Crippen molar-refractivity contribution in [1.82, 2.24) is 30.0 Å². The number of nitrogens with zero attached hydrogens (tertiary/aromatic N) is 5. The van der Waals surface area contributed by atoms with Crippen LogP contribution < -0.4 is 16.0 Å². The minimum Gasteiger partial charge on any atom is -0.339 e. The van der Waals surface area contributed by atoms with Crippen LogP contribution in [-0.4, -0.2) is 37.2 Å². The molecule has 0 unspecified atom stereocenters. The molecule has 0 spiro atoms. The molecule has 0 atom stereocenters. The second-order valence-corrected chi connectivity index (χ2v) is 7.65. The lowest BCUT2D eigenvalue weighted by Gasteiger charge is -2.15. The first-order chi connectivity index (χ1) is 15.2. The number of halogens is 2. The minimum absolute atomic E-state index is 0.222. The summed E-state index contributed by atoms with van der Waals surface area (Å²) in [5, 5.41) is 13.7. The summed E-state index contributed by atoms with van der Waals surface area (Å²) in [6, 6.07) is 5.21. The standard InChI is InChI=1S/C21H24F2N8O/c1-4-13-7-19(29-20(27-13)21(3,22)23)28-16-9-18(26-12(2)32)25-11-15(16)17-8-14-10-24-5-6-31(14)30-17/h7-9,11,24H,4-6,10H2,1-3H3,(H2,25,26,27,28,29,32). The van der Waals surface area contributed by atoms with Crippen LogP contribution in [0.25, 0.3) is 11.3 Å². The lowest BCUT2D eigenvalue weighted by atomic mass is 10.1. The van der Waals surface area contributed by atoms with Gasteiger partial charge in [0.25, 0.3) is 0 Å². The van der Waals surface area contributed by atoms with E-state index in [-0.39, 0.29) is 11.7 Å². The third-order valence-electron chi connectivity index (χ3n) is 4.95. The third-order valence-corrected chi connectivity index (χ3v) is 4.95. The summed E-state index contributed by atoms with van der Waals surface area (Å²) < 4.78 is 29.8. The van der Waals surface area contributed by atoms with Crippen molar-refractivity contribution in [2.75, 3.05) is 17.2 Å². The molecule has 3 aromatic heterocycles. The number of hydrogen-bond acceptors (Lipinski definition) is 7. The van der Waals surface area contributed by atoms with Crippen molar-refractivity contribution in [3.8, 4) is 11.3 Å². The summed E-state index contributed by atoms with van der Waals surface area (Å²) in [6.07, 6.45) is 2.06. The van der Waals surface area contributed by atoms with Gasteiger partial charge in [-0.15, -0.1) is 0 Å². The minimum atomic E-state index is -3.18. The van der Waals surface area contributed by atoms with Gasteiger partial charge in [0.05, 0.1) is 23.6 Å². The summed E-state index contributed by atoms with van der Waals surface area (Å²) in [5.41, 5.74) is 3.38. The maximum atomic E-state index is 13.9. The van der Waals surface area contributed by atoms with Crippen molar-refractivity contribution in [2.45, 2.75) is 46.2 Å². The van der Waals surface area contributed by atoms with E-state index >= 15 is 0 Å². The van der Waals surface area contributed by atoms with Gasteiger partial charge in [0.1, 0.15) is 11.6 Å². The highest BCUT2D eigenvalue weighted by molar-refractivity contribution is 5.89. The van der Waals surface area contributed by atoms with E-state index in [4.69, 9.17) is 0 Å². The molecule has 1 amide bonds. The molecule has 168 valence electrons. The number of nitrogens with one attached hydrogen (secondary N) is 3. The Labute approximate surface area is 183 Å². The number of pyridine rings is 1. The smallest absolute Gasteiger partial charge is 0.303 e. The Hall–Kier alpha value is -3.47. The monoisotopic (exact) mass is 442 g/mol. The lowest BCUT2D eigenvalue weighted by molar-refractivity contribution is -0.114. The van der Waals surface area contributed by atoms with Gasteiger partial charge in [-0.1, -0.05) is 6.92 Å². The number of amides is 1. The highest BCUT2D eigenvalue weighted by Gasteiger charge is 2.29. The fraction of sp³-hybridized carbons (Fsp3) is 0.381. The largest absolute Gasteiger partial charge is 0.339 e. The van der Waals surface area contributed by atoms with Crippen LogP contribution in [0.15, 0.2) is 24.4 Å². The molecular weight excluding hydrogens is 418 g/mol. The van der Waals surface area contributed by atoms with Gasteiger partial charge in [0, 0.05) is 56.5 Å². The summed E-state index contributed by atoms with van der Waals surface area (Å²) in [4.78, 5) is 23.8. The molecule has 32 heavy (non-hydrogen) atoms. The van der Waals surface area contributed by atoms with Crippen LogP contribution in [0.4, 0.5) is 26.1 Å². The summed E-state index contributed by atoms with van der Waals surface area (Å²) >= 11 is 0. The van der Waals surface area contributed by atoms with Crippen molar-refractivity contribution in [1.29, 1.82) is 0 Å². The Morgan fingerprint density at radius 2 is 2.06 bits per heavy atom.